The van der Waals surface area contributed by atoms with Gasteiger partial charge in [0.05, 0.1) is 13.2 Å². The topological polar surface area (TPSA) is 18.5 Å². The molecule has 19 heavy (non-hydrogen) atoms. The van der Waals surface area contributed by atoms with Crippen LogP contribution < -0.4 is 9.47 Å². The van der Waals surface area contributed by atoms with Crippen molar-refractivity contribution in [3.63, 3.8) is 0 Å². The fourth-order valence-electron chi connectivity index (χ4n) is 1.85. The summed E-state index contributed by atoms with van der Waals surface area (Å²) >= 11 is 4.48. The first-order valence-corrected chi connectivity index (χ1v) is 7.80. The van der Waals surface area contributed by atoms with E-state index in [1.54, 1.807) is 0 Å². The standard InChI is InChI=1S/C16H26O2S/c1-4-11-17-14-9-7-8-10-15(14)18-12-16(5-2,6-3)13-19/h7-10,19H,4-6,11-13H2,1-3H3. The summed E-state index contributed by atoms with van der Waals surface area (Å²) in [6.07, 6.45) is 3.15. The van der Waals surface area contributed by atoms with Crippen LogP contribution >= 0.6 is 12.6 Å². The van der Waals surface area contributed by atoms with Crippen LogP contribution in [0.15, 0.2) is 24.3 Å². The summed E-state index contributed by atoms with van der Waals surface area (Å²) in [5.74, 6) is 2.52. The smallest absolute Gasteiger partial charge is 0.161 e. The van der Waals surface area contributed by atoms with Crippen molar-refractivity contribution in [1.29, 1.82) is 0 Å². The van der Waals surface area contributed by atoms with Gasteiger partial charge in [-0.05, 0) is 37.1 Å². The molecule has 0 aliphatic heterocycles. The van der Waals surface area contributed by atoms with Gasteiger partial charge in [0.25, 0.3) is 0 Å². The van der Waals surface area contributed by atoms with Gasteiger partial charge in [0.15, 0.2) is 11.5 Å². The van der Waals surface area contributed by atoms with E-state index in [1.165, 1.54) is 0 Å². The van der Waals surface area contributed by atoms with Crippen molar-refractivity contribution in [2.75, 3.05) is 19.0 Å². The minimum absolute atomic E-state index is 0.154. The average Bonchev–Trinajstić information content (AvgIpc) is 2.48. The lowest BCUT2D eigenvalue weighted by Gasteiger charge is -2.29. The molecule has 0 aliphatic rings. The lowest BCUT2D eigenvalue weighted by Crippen LogP contribution is -2.29. The van der Waals surface area contributed by atoms with Crippen molar-refractivity contribution >= 4 is 12.6 Å². The Kier molecular flexibility index (Phi) is 7.14. The largest absolute Gasteiger partial charge is 0.490 e. The first kappa shape index (κ1) is 16.2. The first-order valence-electron chi connectivity index (χ1n) is 7.16. The minimum atomic E-state index is 0.154. The molecule has 0 N–H and O–H groups in total. The number of hydrogen-bond donors (Lipinski definition) is 1. The molecular formula is C16H26O2S. The van der Waals surface area contributed by atoms with E-state index in [0.717, 1.165) is 43.1 Å². The summed E-state index contributed by atoms with van der Waals surface area (Å²) in [6.45, 7) is 7.91. The number of hydrogen-bond acceptors (Lipinski definition) is 3. The van der Waals surface area contributed by atoms with Gasteiger partial charge in [-0.25, -0.2) is 0 Å². The summed E-state index contributed by atoms with van der Waals surface area (Å²) in [6, 6.07) is 7.89. The molecule has 0 spiro atoms. The maximum atomic E-state index is 6.00. The van der Waals surface area contributed by atoms with Crippen LogP contribution in [0.5, 0.6) is 11.5 Å². The molecule has 0 atom stereocenters. The van der Waals surface area contributed by atoms with E-state index in [2.05, 4.69) is 33.4 Å². The third kappa shape index (κ3) is 4.64. The lowest BCUT2D eigenvalue weighted by molar-refractivity contribution is 0.151. The van der Waals surface area contributed by atoms with Gasteiger partial charge in [0.1, 0.15) is 0 Å². The van der Waals surface area contributed by atoms with Gasteiger partial charge in [-0.2, -0.15) is 12.6 Å². The van der Waals surface area contributed by atoms with Gasteiger partial charge < -0.3 is 9.47 Å². The van der Waals surface area contributed by atoms with Crippen molar-refractivity contribution in [2.45, 2.75) is 40.0 Å². The predicted octanol–water partition coefficient (Wildman–Crippen LogP) is 4.59. The highest BCUT2D eigenvalue weighted by atomic mass is 32.1. The van der Waals surface area contributed by atoms with Gasteiger partial charge >= 0.3 is 0 Å². The van der Waals surface area contributed by atoms with Gasteiger partial charge in [-0.1, -0.05) is 32.9 Å². The third-order valence-corrected chi connectivity index (χ3v) is 4.35. The number of rotatable bonds is 9. The first-order chi connectivity index (χ1) is 9.21. The van der Waals surface area contributed by atoms with Crippen molar-refractivity contribution in [1.82, 2.24) is 0 Å². The van der Waals surface area contributed by atoms with Crippen LogP contribution in [0.2, 0.25) is 0 Å². The molecule has 0 radical (unpaired) electrons. The van der Waals surface area contributed by atoms with E-state index in [1.807, 2.05) is 24.3 Å². The Morgan fingerprint density at radius 1 is 1.00 bits per heavy atom. The predicted molar refractivity (Wildman–Crippen MR) is 84.6 cm³/mol. The lowest BCUT2D eigenvalue weighted by atomic mass is 9.85. The molecule has 1 aromatic rings. The highest BCUT2D eigenvalue weighted by Gasteiger charge is 2.25. The monoisotopic (exact) mass is 282 g/mol. The summed E-state index contributed by atoms with van der Waals surface area (Å²) in [5.41, 5.74) is 0.154. The fraction of sp³-hybridized carbons (Fsp3) is 0.625. The highest BCUT2D eigenvalue weighted by molar-refractivity contribution is 7.80. The van der Waals surface area contributed by atoms with E-state index in [4.69, 9.17) is 9.47 Å². The zero-order valence-electron chi connectivity index (χ0n) is 12.3. The third-order valence-electron chi connectivity index (χ3n) is 3.68. The van der Waals surface area contributed by atoms with Gasteiger partial charge in [-0.15, -0.1) is 0 Å². The second-order valence-electron chi connectivity index (χ2n) is 4.95. The molecule has 0 heterocycles. The maximum Gasteiger partial charge on any atom is 0.161 e. The van der Waals surface area contributed by atoms with Crippen molar-refractivity contribution in [2.24, 2.45) is 5.41 Å². The Balaban J connectivity index is 2.71. The molecule has 0 fully saturated rings. The molecule has 0 saturated heterocycles. The Bertz CT molecular complexity index is 353. The molecule has 0 amide bonds. The van der Waals surface area contributed by atoms with Crippen molar-refractivity contribution in [3.8, 4) is 11.5 Å². The zero-order chi connectivity index (χ0) is 14.1. The van der Waals surface area contributed by atoms with E-state index < -0.39 is 0 Å². The number of benzene rings is 1. The van der Waals surface area contributed by atoms with Crippen LogP contribution in [0.3, 0.4) is 0 Å². The van der Waals surface area contributed by atoms with Gasteiger partial charge in [-0.3, -0.25) is 0 Å². The highest BCUT2D eigenvalue weighted by Crippen LogP contribution is 2.32. The van der Waals surface area contributed by atoms with Crippen molar-refractivity contribution < 1.29 is 9.47 Å². The van der Waals surface area contributed by atoms with Crippen molar-refractivity contribution in [3.05, 3.63) is 24.3 Å². The van der Waals surface area contributed by atoms with E-state index in [-0.39, 0.29) is 5.41 Å². The fourth-order valence-corrected chi connectivity index (χ4v) is 2.39. The summed E-state index contributed by atoms with van der Waals surface area (Å²) in [4.78, 5) is 0. The molecular weight excluding hydrogens is 256 g/mol. The van der Waals surface area contributed by atoms with E-state index in [0.29, 0.717) is 6.61 Å². The molecule has 0 aromatic heterocycles. The van der Waals surface area contributed by atoms with Gasteiger partial charge in [0.2, 0.25) is 0 Å². The number of thiol groups is 1. The number of ether oxygens (including phenoxy) is 2. The molecule has 108 valence electrons. The van der Waals surface area contributed by atoms with E-state index in [9.17, 15) is 0 Å². The molecule has 3 heteroatoms. The molecule has 2 nitrogen and oxygen atoms in total. The Hall–Kier alpha value is -0.830. The second-order valence-corrected chi connectivity index (χ2v) is 5.27. The maximum absolute atomic E-state index is 6.00. The van der Waals surface area contributed by atoms with E-state index >= 15 is 0 Å². The molecule has 0 saturated carbocycles. The van der Waals surface area contributed by atoms with Crippen LogP contribution in [0, 0.1) is 5.41 Å². The van der Waals surface area contributed by atoms with Crippen LogP contribution in [-0.4, -0.2) is 19.0 Å². The normalized spacial score (nSPS) is 11.4. The SMILES string of the molecule is CCCOc1ccccc1OCC(CC)(CC)CS. The summed E-state index contributed by atoms with van der Waals surface area (Å²) in [5, 5.41) is 0. The zero-order valence-corrected chi connectivity index (χ0v) is 13.2. The van der Waals surface area contributed by atoms with Crippen LogP contribution in [-0.2, 0) is 0 Å². The molecule has 1 rings (SSSR count). The quantitative estimate of drug-likeness (QED) is 0.668. The molecule has 1 aromatic carbocycles. The second kappa shape index (κ2) is 8.36. The van der Waals surface area contributed by atoms with Crippen LogP contribution in [0.1, 0.15) is 40.0 Å². The van der Waals surface area contributed by atoms with Crippen LogP contribution in [0.4, 0.5) is 0 Å². The average molecular weight is 282 g/mol. The number of para-hydroxylation sites is 2. The Morgan fingerprint density at radius 2 is 1.58 bits per heavy atom. The molecule has 0 unspecified atom stereocenters. The Morgan fingerprint density at radius 3 is 2.05 bits per heavy atom. The van der Waals surface area contributed by atoms with Gasteiger partial charge in [0, 0.05) is 5.41 Å². The minimum Gasteiger partial charge on any atom is -0.490 e. The molecule has 0 aliphatic carbocycles. The summed E-state index contributed by atoms with van der Waals surface area (Å²) in [7, 11) is 0. The summed E-state index contributed by atoms with van der Waals surface area (Å²) < 4.78 is 11.7. The molecule has 0 bridgehead atoms. The Labute approximate surface area is 122 Å². The van der Waals surface area contributed by atoms with Crippen LogP contribution in [0.25, 0.3) is 0 Å².